The van der Waals surface area contributed by atoms with Gasteiger partial charge in [0.2, 0.25) is 0 Å². The smallest absolute Gasteiger partial charge is 0.407 e. The maximum atomic E-state index is 11.9. The third kappa shape index (κ3) is 4.49. The second kappa shape index (κ2) is 8.25. The number of hydrogen-bond donors (Lipinski definition) is 1. The Labute approximate surface area is 166 Å². The highest BCUT2D eigenvalue weighted by Gasteiger charge is 2.21. The molecule has 1 N–H and O–H groups in total. The highest BCUT2D eigenvalue weighted by molar-refractivity contribution is 5.96. The molecule has 0 saturated carbocycles. The van der Waals surface area contributed by atoms with E-state index in [0.29, 0.717) is 12.1 Å². The summed E-state index contributed by atoms with van der Waals surface area (Å²) in [6.07, 6.45) is 4.89. The van der Waals surface area contributed by atoms with Gasteiger partial charge >= 0.3 is 12.1 Å². The summed E-state index contributed by atoms with van der Waals surface area (Å²) in [7, 11) is 1.41. The molecule has 6 nitrogen and oxygen atoms in total. The molecule has 0 aliphatic heterocycles. The molecule has 0 unspecified atom stereocenters. The van der Waals surface area contributed by atoms with Crippen molar-refractivity contribution < 1.29 is 19.1 Å². The topological polar surface area (TPSA) is 69.6 Å². The number of carbonyl (C=O) groups excluding carboxylic acids is 2. The molecule has 152 valence electrons. The van der Waals surface area contributed by atoms with Crippen molar-refractivity contribution in [2.45, 2.75) is 65.0 Å². The standard InChI is InChI=1S/C22H30N2O4/c1-22(2,3)28-21(26)23-12-7-13-24-18-9-6-5-8-16(18)17-14-15(20(25)27-4)10-11-19(17)24/h10-11,14H,5-9,12-13H2,1-4H3,(H,23,26). The van der Waals surface area contributed by atoms with Gasteiger partial charge in [0.1, 0.15) is 5.60 Å². The molecule has 0 saturated heterocycles. The van der Waals surface area contributed by atoms with Gasteiger partial charge < -0.3 is 19.4 Å². The number of hydrogen-bond acceptors (Lipinski definition) is 4. The first-order valence-corrected chi connectivity index (χ1v) is 9.99. The van der Waals surface area contributed by atoms with Gasteiger partial charge in [0.05, 0.1) is 12.7 Å². The Morgan fingerprint density at radius 1 is 1.18 bits per heavy atom. The van der Waals surface area contributed by atoms with Crippen molar-refractivity contribution in [3.63, 3.8) is 0 Å². The molecule has 1 aliphatic rings. The summed E-state index contributed by atoms with van der Waals surface area (Å²) < 4.78 is 12.5. The zero-order valence-corrected chi connectivity index (χ0v) is 17.3. The van der Waals surface area contributed by atoms with Crippen molar-refractivity contribution in [3.05, 3.63) is 35.0 Å². The summed E-state index contributed by atoms with van der Waals surface area (Å²) in [6.45, 7) is 6.94. The number of rotatable bonds is 5. The second-order valence-corrected chi connectivity index (χ2v) is 8.29. The SMILES string of the molecule is COC(=O)c1ccc2c(c1)c1c(n2CCCNC(=O)OC(C)(C)C)CCCC1. The second-order valence-electron chi connectivity index (χ2n) is 8.29. The van der Waals surface area contributed by atoms with Crippen molar-refractivity contribution in [1.82, 2.24) is 9.88 Å². The molecule has 0 spiro atoms. The number of carbonyl (C=O) groups is 2. The molecule has 0 radical (unpaired) electrons. The van der Waals surface area contributed by atoms with Crippen LogP contribution in [0.2, 0.25) is 0 Å². The van der Waals surface area contributed by atoms with E-state index in [1.807, 2.05) is 39.0 Å². The van der Waals surface area contributed by atoms with Crippen LogP contribution in [0.15, 0.2) is 18.2 Å². The van der Waals surface area contributed by atoms with Crippen molar-refractivity contribution in [3.8, 4) is 0 Å². The highest BCUT2D eigenvalue weighted by Crippen LogP contribution is 2.33. The van der Waals surface area contributed by atoms with Crippen molar-refractivity contribution in [1.29, 1.82) is 0 Å². The first-order chi connectivity index (χ1) is 13.3. The zero-order valence-electron chi connectivity index (χ0n) is 17.3. The van der Waals surface area contributed by atoms with Gasteiger partial charge in [-0.05, 0) is 76.6 Å². The minimum atomic E-state index is -0.489. The number of fused-ring (bicyclic) bond motifs is 3. The average molecular weight is 386 g/mol. The lowest BCUT2D eigenvalue weighted by molar-refractivity contribution is 0.0525. The largest absolute Gasteiger partial charge is 0.465 e. The van der Waals surface area contributed by atoms with E-state index in [0.717, 1.165) is 36.7 Å². The predicted octanol–water partition coefficient (Wildman–Crippen LogP) is 4.22. The molecule has 0 atom stereocenters. The van der Waals surface area contributed by atoms with Crippen LogP contribution in [0.1, 0.15) is 61.6 Å². The molecule has 3 rings (SSSR count). The summed E-state index contributed by atoms with van der Waals surface area (Å²) in [5.41, 5.74) is 3.97. The fourth-order valence-corrected chi connectivity index (χ4v) is 3.88. The summed E-state index contributed by atoms with van der Waals surface area (Å²) in [5.74, 6) is -0.305. The minimum absolute atomic E-state index is 0.305. The maximum Gasteiger partial charge on any atom is 0.407 e. The van der Waals surface area contributed by atoms with E-state index < -0.39 is 5.60 Å². The van der Waals surface area contributed by atoms with Crippen LogP contribution in [-0.4, -0.2) is 35.9 Å². The van der Waals surface area contributed by atoms with Crippen LogP contribution in [-0.2, 0) is 28.9 Å². The zero-order chi connectivity index (χ0) is 20.3. The van der Waals surface area contributed by atoms with E-state index in [-0.39, 0.29) is 12.1 Å². The molecule has 1 aliphatic carbocycles. The van der Waals surface area contributed by atoms with Crippen LogP contribution >= 0.6 is 0 Å². The van der Waals surface area contributed by atoms with Crippen LogP contribution in [0.25, 0.3) is 10.9 Å². The number of esters is 1. The molecule has 2 aromatic rings. The number of aryl methyl sites for hydroxylation is 2. The summed E-state index contributed by atoms with van der Waals surface area (Å²) in [4.78, 5) is 23.7. The van der Waals surface area contributed by atoms with Crippen molar-refractivity contribution in [2.75, 3.05) is 13.7 Å². The Bertz CT molecular complexity index is 877. The first kappa shape index (κ1) is 20.2. The Hall–Kier alpha value is -2.50. The normalized spacial score (nSPS) is 13.9. The van der Waals surface area contributed by atoms with Gasteiger partial charge in [0.25, 0.3) is 0 Å². The molecule has 0 bridgehead atoms. The van der Waals surface area contributed by atoms with Gasteiger partial charge in [-0.1, -0.05) is 0 Å². The van der Waals surface area contributed by atoms with Crippen LogP contribution in [0, 0.1) is 0 Å². The van der Waals surface area contributed by atoms with Crippen molar-refractivity contribution >= 4 is 23.0 Å². The third-order valence-corrected chi connectivity index (χ3v) is 5.02. The number of benzene rings is 1. The monoisotopic (exact) mass is 386 g/mol. The van der Waals surface area contributed by atoms with Crippen LogP contribution in [0.5, 0.6) is 0 Å². The average Bonchev–Trinajstić information content (AvgIpc) is 2.96. The number of methoxy groups -OCH3 is 1. The Morgan fingerprint density at radius 3 is 2.64 bits per heavy atom. The first-order valence-electron chi connectivity index (χ1n) is 9.99. The quantitative estimate of drug-likeness (QED) is 0.617. The molecule has 0 fully saturated rings. The van der Waals surface area contributed by atoms with Crippen molar-refractivity contribution in [2.24, 2.45) is 0 Å². The summed E-state index contributed by atoms with van der Waals surface area (Å²) >= 11 is 0. The fourth-order valence-electron chi connectivity index (χ4n) is 3.88. The van der Waals surface area contributed by atoms with Gasteiger partial charge in [-0.2, -0.15) is 0 Å². The lowest BCUT2D eigenvalue weighted by Gasteiger charge is -2.20. The molecule has 1 amide bonds. The van der Waals surface area contributed by atoms with E-state index in [4.69, 9.17) is 9.47 Å². The lowest BCUT2D eigenvalue weighted by Crippen LogP contribution is -2.33. The van der Waals surface area contributed by atoms with E-state index in [2.05, 4.69) is 9.88 Å². The molecule has 1 aromatic carbocycles. The number of amides is 1. The predicted molar refractivity (Wildman–Crippen MR) is 109 cm³/mol. The van der Waals surface area contributed by atoms with Gasteiger partial charge in [-0.3, -0.25) is 0 Å². The molecule has 1 heterocycles. The summed E-state index contributed by atoms with van der Waals surface area (Å²) in [5, 5.41) is 3.98. The molecule has 28 heavy (non-hydrogen) atoms. The Kier molecular flexibility index (Phi) is 5.96. The summed E-state index contributed by atoms with van der Waals surface area (Å²) in [6, 6.07) is 5.80. The Balaban J connectivity index is 1.75. The van der Waals surface area contributed by atoms with Crippen LogP contribution in [0.4, 0.5) is 4.79 Å². The number of nitrogens with one attached hydrogen (secondary N) is 1. The number of alkyl carbamates (subject to hydrolysis) is 1. The van der Waals surface area contributed by atoms with Gasteiger partial charge in [0, 0.05) is 29.7 Å². The van der Waals surface area contributed by atoms with E-state index in [9.17, 15) is 9.59 Å². The lowest BCUT2D eigenvalue weighted by atomic mass is 9.95. The molecule has 1 aromatic heterocycles. The number of ether oxygens (including phenoxy) is 2. The highest BCUT2D eigenvalue weighted by atomic mass is 16.6. The van der Waals surface area contributed by atoms with E-state index >= 15 is 0 Å². The fraction of sp³-hybridized carbons (Fsp3) is 0.545. The molecular formula is C22H30N2O4. The minimum Gasteiger partial charge on any atom is -0.465 e. The van der Waals surface area contributed by atoms with Crippen LogP contribution < -0.4 is 5.32 Å². The van der Waals surface area contributed by atoms with Gasteiger partial charge in [0.15, 0.2) is 0 Å². The number of nitrogens with zero attached hydrogens (tertiary/aromatic N) is 1. The Morgan fingerprint density at radius 2 is 1.93 bits per heavy atom. The maximum absolute atomic E-state index is 11.9. The number of aromatic nitrogens is 1. The van der Waals surface area contributed by atoms with E-state index in [1.54, 1.807) is 0 Å². The van der Waals surface area contributed by atoms with E-state index in [1.165, 1.54) is 31.2 Å². The molecular weight excluding hydrogens is 356 g/mol. The molecule has 6 heteroatoms. The third-order valence-electron chi connectivity index (χ3n) is 5.02. The van der Waals surface area contributed by atoms with Gasteiger partial charge in [-0.15, -0.1) is 0 Å². The van der Waals surface area contributed by atoms with Gasteiger partial charge in [-0.25, -0.2) is 9.59 Å². The van der Waals surface area contributed by atoms with Crippen LogP contribution in [0.3, 0.4) is 0 Å².